The predicted molar refractivity (Wildman–Crippen MR) is 37.7 cm³/mol. The first-order chi connectivity index (χ1) is 5.38. The van der Waals surface area contributed by atoms with Crippen LogP contribution in [-0.2, 0) is 0 Å². The Morgan fingerprint density at radius 1 is 1.64 bits per heavy atom. The largest absolute Gasteiger partial charge is 0.366 e. The fourth-order valence-electron chi connectivity index (χ4n) is 0.656. The van der Waals surface area contributed by atoms with Gasteiger partial charge in [-0.15, -0.1) is 16.0 Å². The Bertz CT molecular complexity index is 387. The highest BCUT2D eigenvalue weighted by molar-refractivity contribution is 7.12. The molecule has 56 valence electrons. The van der Waals surface area contributed by atoms with Crippen LogP contribution in [0.15, 0.2) is 16.5 Å². The number of hydrogen-bond donors (Lipinski definition) is 1. The molecule has 2 aromatic heterocycles. The molecule has 7 heteroatoms. The highest BCUT2D eigenvalue weighted by Crippen LogP contribution is 2.06. The van der Waals surface area contributed by atoms with E-state index in [1.807, 2.05) is 0 Å². The van der Waals surface area contributed by atoms with Crippen molar-refractivity contribution in [3.8, 4) is 5.00 Å². The fourth-order valence-corrected chi connectivity index (χ4v) is 1.23. The molecule has 0 radical (unpaired) electrons. The molecule has 0 aliphatic rings. The van der Waals surface area contributed by atoms with E-state index in [-0.39, 0.29) is 5.69 Å². The van der Waals surface area contributed by atoms with Crippen molar-refractivity contribution in [2.75, 3.05) is 0 Å². The van der Waals surface area contributed by atoms with Crippen LogP contribution < -0.4 is 5.69 Å². The first-order valence-electron chi connectivity index (χ1n) is 2.77. The number of thiazole rings is 1. The van der Waals surface area contributed by atoms with Gasteiger partial charge in [-0.2, -0.15) is 0 Å². The normalized spacial score (nSPS) is 10.2. The van der Waals surface area contributed by atoms with Gasteiger partial charge in [-0.3, -0.25) is 4.98 Å². The minimum atomic E-state index is -0.353. The van der Waals surface area contributed by atoms with Crippen LogP contribution in [-0.4, -0.2) is 25.2 Å². The molecule has 0 bridgehead atoms. The second-order valence-electron chi connectivity index (χ2n) is 1.76. The van der Waals surface area contributed by atoms with Crippen LogP contribution in [0.3, 0.4) is 0 Å². The van der Waals surface area contributed by atoms with Gasteiger partial charge in [0.05, 0.1) is 11.7 Å². The van der Waals surface area contributed by atoms with Crippen molar-refractivity contribution in [1.82, 2.24) is 25.2 Å². The van der Waals surface area contributed by atoms with Gasteiger partial charge in [0.1, 0.15) is 5.00 Å². The quantitative estimate of drug-likeness (QED) is 0.619. The van der Waals surface area contributed by atoms with E-state index in [2.05, 4.69) is 20.5 Å². The van der Waals surface area contributed by atoms with E-state index in [0.717, 1.165) is 4.68 Å². The summed E-state index contributed by atoms with van der Waals surface area (Å²) >= 11 is 1.32. The number of aromatic amines is 1. The summed E-state index contributed by atoms with van der Waals surface area (Å²) in [5.41, 5.74) is 1.27. The highest BCUT2D eigenvalue weighted by Gasteiger charge is 2.02. The molecule has 0 spiro atoms. The van der Waals surface area contributed by atoms with Crippen molar-refractivity contribution in [2.24, 2.45) is 0 Å². The lowest BCUT2D eigenvalue weighted by Gasteiger charge is -1.85. The number of aromatic nitrogens is 5. The third-order valence-electron chi connectivity index (χ3n) is 1.10. The molecule has 0 saturated heterocycles. The molecule has 2 aromatic rings. The van der Waals surface area contributed by atoms with E-state index < -0.39 is 0 Å². The van der Waals surface area contributed by atoms with Gasteiger partial charge < -0.3 is 0 Å². The Labute approximate surface area is 64.5 Å². The molecule has 2 rings (SSSR count). The maximum Gasteiger partial charge on any atom is 0.366 e. The number of hydrogen-bond acceptors (Lipinski definition) is 5. The molecule has 11 heavy (non-hydrogen) atoms. The standard InChI is InChI=1S/C4H3N5OS/c10-4-6-7-8-9(4)3-1-5-2-11-3/h1-2H,(H,6,8,10). The van der Waals surface area contributed by atoms with Gasteiger partial charge in [0.25, 0.3) is 0 Å². The van der Waals surface area contributed by atoms with Gasteiger partial charge in [0, 0.05) is 0 Å². The van der Waals surface area contributed by atoms with Crippen LogP contribution in [0, 0.1) is 0 Å². The van der Waals surface area contributed by atoms with Crippen LogP contribution >= 0.6 is 11.3 Å². The zero-order chi connectivity index (χ0) is 7.68. The van der Waals surface area contributed by atoms with Gasteiger partial charge in [0.2, 0.25) is 0 Å². The molecule has 6 nitrogen and oxygen atoms in total. The minimum Gasteiger partial charge on any atom is -0.251 e. The SMILES string of the molecule is O=c1[nH]nnn1-c1cncs1. The Morgan fingerprint density at radius 3 is 3.09 bits per heavy atom. The van der Waals surface area contributed by atoms with E-state index >= 15 is 0 Å². The van der Waals surface area contributed by atoms with Crippen molar-refractivity contribution in [3.63, 3.8) is 0 Å². The van der Waals surface area contributed by atoms with Crippen molar-refractivity contribution < 1.29 is 0 Å². The molecule has 2 heterocycles. The van der Waals surface area contributed by atoms with E-state index in [4.69, 9.17) is 0 Å². The van der Waals surface area contributed by atoms with Gasteiger partial charge in [-0.25, -0.2) is 9.89 Å². The zero-order valence-corrected chi connectivity index (χ0v) is 6.08. The van der Waals surface area contributed by atoms with Gasteiger partial charge >= 0.3 is 5.69 Å². The van der Waals surface area contributed by atoms with Gasteiger partial charge in [-0.1, -0.05) is 0 Å². The molecule has 0 saturated carbocycles. The number of nitrogens with zero attached hydrogens (tertiary/aromatic N) is 4. The second-order valence-corrected chi connectivity index (χ2v) is 2.62. The van der Waals surface area contributed by atoms with Crippen molar-refractivity contribution in [2.45, 2.75) is 0 Å². The highest BCUT2D eigenvalue weighted by atomic mass is 32.1. The van der Waals surface area contributed by atoms with Crippen molar-refractivity contribution >= 4 is 11.3 Å². The molecule has 0 unspecified atom stereocenters. The maximum atomic E-state index is 10.9. The summed E-state index contributed by atoms with van der Waals surface area (Å²) < 4.78 is 1.15. The van der Waals surface area contributed by atoms with E-state index in [1.165, 1.54) is 11.3 Å². The predicted octanol–water partition coefficient (Wildman–Crippen LogP) is -0.588. The summed E-state index contributed by atoms with van der Waals surface area (Å²) in [5, 5.41) is 9.70. The number of tetrazole rings is 1. The van der Waals surface area contributed by atoms with Crippen LogP contribution in [0.2, 0.25) is 0 Å². The molecular formula is C4H3N5OS. The summed E-state index contributed by atoms with van der Waals surface area (Å²) in [6.07, 6.45) is 1.55. The van der Waals surface area contributed by atoms with Crippen molar-refractivity contribution in [1.29, 1.82) is 0 Å². The lowest BCUT2D eigenvalue weighted by atomic mass is 10.8. The number of rotatable bonds is 1. The number of H-pyrrole nitrogens is 1. The molecule has 0 aliphatic carbocycles. The molecule has 0 aromatic carbocycles. The molecule has 0 aliphatic heterocycles. The molecule has 0 fully saturated rings. The Morgan fingerprint density at radius 2 is 2.55 bits per heavy atom. The van der Waals surface area contributed by atoms with Crippen LogP contribution in [0.5, 0.6) is 0 Å². The summed E-state index contributed by atoms with van der Waals surface area (Å²) in [4.78, 5) is 14.7. The van der Waals surface area contributed by atoms with E-state index in [1.54, 1.807) is 11.7 Å². The first kappa shape index (κ1) is 6.23. The Balaban J connectivity index is 2.62. The Hall–Kier alpha value is -1.50. The average molecular weight is 169 g/mol. The minimum absolute atomic E-state index is 0.353. The molecule has 0 amide bonds. The number of nitrogens with one attached hydrogen (secondary N) is 1. The van der Waals surface area contributed by atoms with Crippen LogP contribution in [0.1, 0.15) is 0 Å². The second kappa shape index (κ2) is 2.27. The molecular weight excluding hydrogens is 166 g/mol. The first-order valence-corrected chi connectivity index (χ1v) is 3.65. The lowest BCUT2D eigenvalue weighted by Crippen LogP contribution is -2.14. The van der Waals surface area contributed by atoms with Gasteiger partial charge in [-0.05, 0) is 10.4 Å². The van der Waals surface area contributed by atoms with E-state index in [9.17, 15) is 4.79 Å². The smallest absolute Gasteiger partial charge is 0.251 e. The third kappa shape index (κ3) is 0.944. The average Bonchev–Trinajstić information content (AvgIpc) is 2.55. The third-order valence-corrected chi connectivity index (χ3v) is 1.85. The summed E-state index contributed by atoms with van der Waals surface area (Å²) in [7, 11) is 0. The van der Waals surface area contributed by atoms with Crippen LogP contribution in [0.25, 0.3) is 5.00 Å². The van der Waals surface area contributed by atoms with Crippen LogP contribution in [0.4, 0.5) is 0 Å². The van der Waals surface area contributed by atoms with Gasteiger partial charge in [0.15, 0.2) is 0 Å². The summed E-state index contributed by atoms with van der Waals surface area (Å²) in [6, 6.07) is 0. The Kier molecular flexibility index (Phi) is 1.29. The fraction of sp³-hybridized carbons (Fsp3) is 0. The van der Waals surface area contributed by atoms with E-state index in [0.29, 0.717) is 5.00 Å². The zero-order valence-electron chi connectivity index (χ0n) is 5.26. The summed E-state index contributed by atoms with van der Waals surface area (Å²) in [6.45, 7) is 0. The topological polar surface area (TPSA) is 76.5 Å². The maximum absolute atomic E-state index is 10.9. The molecule has 1 N–H and O–H groups in total. The van der Waals surface area contributed by atoms with Crippen molar-refractivity contribution in [3.05, 3.63) is 22.2 Å². The molecule has 0 atom stereocenters. The summed E-state index contributed by atoms with van der Waals surface area (Å²) in [5.74, 6) is 0. The lowest BCUT2D eigenvalue weighted by molar-refractivity contribution is 0.788. The monoisotopic (exact) mass is 169 g/mol.